The second-order valence-electron chi connectivity index (χ2n) is 8.12. The molecule has 2 aliphatic heterocycles. The zero-order valence-electron chi connectivity index (χ0n) is 17.0. The molecule has 30 heavy (non-hydrogen) atoms. The van der Waals surface area contributed by atoms with Crippen molar-refractivity contribution in [3.05, 3.63) is 77.7 Å². The van der Waals surface area contributed by atoms with Crippen molar-refractivity contribution in [2.45, 2.75) is 25.9 Å². The summed E-state index contributed by atoms with van der Waals surface area (Å²) < 4.78 is 5.40. The van der Waals surface area contributed by atoms with E-state index in [2.05, 4.69) is 49.2 Å². The van der Waals surface area contributed by atoms with Crippen molar-refractivity contribution in [1.82, 2.24) is 24.9 Å². The predicted octanol–water partition coefficient (Wildman–Crippen LogP) is 2.97. The number of hydrogen-bond acceptors (Lipinski definition) is 6. The molecular weight excluding hydrogens is 378 g/mol. The molecule has 1 aromatic carbocycles. The number of nitrogens with zero attached hydrogens (tertiary/aromatic N) is 5. The lowest BCUT2D eigenvalue weighted by Gasteiger charge is -2.30. The maximum Gasteiger partial charge on any atom is 0.254 e. The third-order valence-electron chi connectivity index (χ3n) is 6.25. The maximum absolute atomic E-state index is 13.3. The van der Waals surface area contributed by atoms with E-state index in [0.717, 1.165) is 31.9 Å². The van der Waals surface area contributed by atoms with Crippen LogP contribution in [0.4, 0.5) is 0 Å². The highest BCUT2D eigenvalue weighted by atomic mass is 16.5. The Kier molecular flexibility index (Phi) is 5.04. The molecule has 4 heterocycles. The van der Waals surface area contributed by atoms with Gasteiger partial charge in [-0.2, -0.15) is 4.98 Å². The number of fused-ring (bicyclic) bond motifs is 1. The first-order valence-corrected chi connectivity index (χ1v) is 10.5. The smallest absolute Gasteiger partial charge is 0.254 e. The molecule has 0 unspecified atom stereocenters. The molecule has 0 aliphatic carbocycles. The van der Waals surface area contributed by atoms with Crippen molar-refractivity contribution in [2.24, 2.45) is 11.8 Å². The Morgan fingerprint density at radius 3 is 2.63 bits per heavy atom. The van der Waals surface area contributed by atoms with Gasteiger partial charge in [-0.3, -0.25) is 14.7 Å². The molecule has 1 amide bonds. The molecule has 3 atom stereocenters. The van der Waals surface area contributed by atoms with Gasteiger partial charge in [-0.1, -0.05) is 42.4 Å². The van der Waals surface area contributed by atoms with Gasteiger partial charge in [0.1, 0.15) is 0 Å². The fourth-order valence-electron chi connectivity index (χ4n) is 4.90. The minimum absolute atomic E-state index is 0.0655. The van der Waals surface area contributed by atoms with Crippen LogP contribution < -0.4 is 0 Å². The molecule has 5 rings (SSSR count). The molecule has 0 spiro atoms. The van der Waals surface area contributed by atoms with Gasteiger partial charge in [-0.05, 0) is 23.6 Å². The average molecular weight is 403 g/mol. The number of rotatable bonds is 5. The zero-order chi connectivity index (χ0) is 20.5. The second kappa shape index (κ2) is 7.99. The molecule has 3 aromatic rings. The van der Waals surface area contributed by atoms with Crippen molar-refractivity contribution < 1.29 is 9.32 Å². The quantitative estimate of drug-likeness (QED) is 0.652. The van der Waals surface area contributed by atoms with E-state index >= 15 is 0 Å². The van der Waals surface area contributed by atoms with Crippen molar-refractivity contribution in [1.29, 1.82) is 0 Å². The van der Waals surface area contributed by atoms with Gasteiger partial charge in [0.25, 0.3) is 5.91 Å². The van der Waals surface area contributed by atoms with Gasteiger partial charge in [0, 0.05) is 49.9 Å². The first-order chi connectivity index (χ1) is 14.7. The summed E-state index contributed by atoms with van der Waals surface area (Å²) in [5, 5.41) is 4.01. The third kappa shape index (κ3) is 3.50. The molecule has 7 nitrogen and oxygen atoms in total. The average Bonchev–Trinajstić information content (AvgIpc) is 3.49. The van der Waals surface area contributed by atoms with E-state index in [1.165, 1.54) is 5.56 Å². The van der Waals surface area contributed by atoms with Gasteiger partial charge in [-0.15, -0.1) is 0 Å². The van der Waals surface area contributed by atoms with E-state index in [0.29, 0.717) is 29.8 Å². The van der Waals surface area contributed by atoms with Crippen LogP contribution in [0.2, 0.25) is 0 Å². The maximum atomic E-state index is 13.3. The molecule has 7 heteroatoms. The Morgan fingerprint density at radius 1 is 1.10 bits per heavy atom. The monoisotopic (exact) mass is 403 g/mol. The molecule has 2 aliphatic rings. The number of pyridine rings is 1. The lowest BCUT2D eigenvalue weighted by molar-refractivity contribution is 0.0697. The normalized spacial score (nSPS) is 23.6. The summed E-state index contributed by atoms with van der Waals surface area (Å²) in [5.41, 5.74) is 1.89. The molecule has 2 saturated heterocycles. The van der Waals surface area contributed by atoms with Gasteiger partial charge in [0.15, 0.2) is 5.82 Å². The fraction of sp³-hybridized carbons (Fsp3) is 0.391. The van der Waals surface area contributed by atoms with Crippen molar-refractivity contribution in [2.75, 3.05) is 19.6 Å². The largest absolute Gasteiger partial charge is 0.338 e. The number of benzene rings is 1. The van der Waals surface area contributed by atoms with E-state index in [-0.39, 0.29) is 11.9 Å². The lowest BCUT2D eigenvalue weighted by Crippen LogP contribution is -2.35. The lowest BCUT2D eigenvalue weighted by atomic mass is 9.89. The standard InChI is InChI=1S/C23H25N5O2/c1-2-20-25-21(30-26-20)15-27-12-18-13-28(23(29)17-8-10-24-11-9-17)22(19(18)14-27)16-6-4-3-5-7-16/h3-11,18-19,22H,2,12-15H2,1H3/t18-,19-,22+/m0/s1. The van der Waals surface area contributed by atoms with Crippen LogP contribution >= 0.6 is 0 Å². The number of amides is 1. The Bertz CT molecular complexity index is 1010. The van der Waals surface area contributed by atoms with Gasteiger partial charge < -0.3 is 9.42 Å². The minimum atomic E-state index is 0.0655. The van der Waals surface area contributed by atoms with E-state index in [9.17, 15) is 4.79 Å². The summed E-state index contributed by atoms with van der Waals surface area (Å²) in [6, 6.07) is 14.0. The molecule has 154 valence electrons. The third-order valence-corrected chi connectivity index (χ3v) is 6.25. The Labute approximate surface area is 175 Å². The Morgan fingerprint density at radius 2 is 1.90 bits per heavy atom. The summed E-state index contributed by atoms with van der Waals surface area (Å²) in [7, 11) is 0. The molecule has 0 bridgehead atoms. The van der Waals surface area contributed by atoms with E-state index in [1.807, 2.05) is 13.0 Å². The van der Waals surface area contributed by atoms with Crippen LogP contribution in [-0.2, 0) is 13.0 Å². The van der Waals surface area contributed by atoms with E-state index in [4.69, 9.17) is 4.52 Å². The summed E-state index contributed by atoms with van der Waals surface area (Å²) in [6.07, 6.45) is 4.13. The number of carbonyl (C=O) groups is 1. The van der Waals surface area contributed by atoms with Gasteiger partial charge in [0.2, 0.25) is 5.89 Å². The number of aryl methyl sites for hydroxylation is 1. The molecule has 2 aromatic heterocycles. The summed E-state index contributed by atoms with van der Waals surface area (Å²) in [4.78, 5) is 26.3. The van der Waals surface area contributed by atoms with Crippen LogP contribution in [0, 0.1) is 11.8 Å². The second-order valence-corrected chi connectivity index (χ2v) is 8.12. The summed E-state index contributed by atoms with van der Waals surface area (Å²) in [6.45, 7) is 5.28. The highest BCUT2D eigenvalue weighted by Crippen LogP contribution is 2.45. The summed E-state index contributed by atoms with van der Waals surface area (Å²) >= 11 is 0. The SMILES string of the molecule is CCc1noc(CN2C[C@H]3CN(C(=O)c4ccncc4)[C@H](c4ccccc4)[C@H]3C2)n1. The van der Waals surface area contributed by atoms with Crippen LogP contribution in [0.3, 0.4) is 0 Å². The fourth-order valence-corrected chi connectivity index (χ4v) is 4.90. The van der Waals surface area contributed by atoms with Crippen LogP contribution in [0.25, 0.3) is 0 Å². The topological polar surface area (TPSA) is 75.4 Å². The first-order valence-electron chi connectivity index (χ1n) is 10.5. The Hall–Kier alpha value is -3.06. The minimum Gasteiger partial charge on any atom is -0.338 e. The molecule has 0 saturated carbocycles. The van der Waals surface area contributed by atoms with Crippen molar-refractivity contribution in [3.63, 3.8) is 0 Å². The van der Waals surface area contributed by atoms with Crippen LogP contribution in [0.5, 0.6) is 0 Å². The predicted molar refractivity (Wildman–Crippen MR) is 110 cm³/mol. The van der Waals surface area contributed by atoms with Crippen LogP contribution in [0.1, 0.15) is 40.6 Å². The number of carbonyl (C=O) groups excluding carboxylic acids is 1. The highest BCUT2D eigenvalue weighted by Gasteiger charge is 2.49. The number of likely N-dealkylation sites (tertiary alicyclic amines) is 2. The molecule has 0 radical (unpaired) electrons. The first kappa shape index (κ1) is 18.9. The highest BCUT2D eigenvalue weighted by molar-refractivity contribution is 5.94. The summed E-state index contributed by atoms with van der Waals surface area (Å²) in [5.74, 6) is 2.31. The van der Waals surface area contributed by atoms with Gasteiger partial charge >= 0.3 is 0 Å². The van der Waals surface area contributed by atoms with E-state index in [1.54, 1.807) is 24.5 Å². The molecule has 2 fully saturated rings. The van der Waals surface area contributed by atoms with Gasteiger partial charge in [-0.25, -0.2) is 0 Å². The Balaban J connectivity index is 1.38. The molecule has 0 N–H and O–H groups in total. The number of aromatic nitrogens is 3. The molecular formula is C23H25N5O2. The van der Waals surface area contributed by atoms with Crippen molar-refractivity contribution in [3.8, 4) is 0 Å². The van der Waals surface area contributed by atoms with Crippen LogP contribution in [-0.4, -0.2) is 50.5 Å². The van der Waals surface area contributed by atoms with Gasteiger partial charge in [0.05, 0.1) is 12.6 Å². The number of hydrogen-bond donors (Lipinski definition) is 0. The zero-order valence-corrected chi connectivity index (χ0v) is 17.0. The van der Waals surface area contributed by atoms with E-state index < -0.39 is 0 Å². The van der Waals surface area contributed by atoms with Crippen LogP contribution in [0.15, 0.2) is 59.4 Å². The van der Waals surface area contributed by atoms with Crippen molar-refractivity contribution >= 4 is 5.91 Å².